The van der Waals surface area contributed by atoms with Crippen molar-refractivity contribution in [1.82, 2.24) is 0 Å². The fourth-order valence-electron chi connectivity index (χ4n) is 1.20. The van der Waals surface area contributed by atoms with Crippen molar-refractivity contribution in [3.8, 4) is 0 Å². The summed E-state index contributed by atoms with van der Waals surface area (Å²) in [5.41, 5.74) is 0.464. The van der Waals surface area contributed by atoms with Gasteiger partial charge in [-0.3, -0.25) is 4.79 Å². The summed E-state index contributed by atoms with van der Waals surface area (Å²) < 4.78 is 5.21. The summed E-state index contributed by atoms with van der Waals surface area (Å²) in [5, 5.41) is 0. The maximum absolute atomic E-state index is 11.7. The standard InChI is InChI=1S/C6H14O2P4/c7-6(12(10)11-9)5-1-3-8-4-2-5/h5,11H,1-4,9-10H2. The molecule has 0 amide bonds. The SMILES string of the molecule is O=C(C1CCOCC1)P(P)PP. The fraction of sp³-hybridized carbons (Fsp3) is 0.833. The lowest BCUT2D eigenvalue weighted by atomic mass is 10.0. The normalized spacial score (nSPS) is 23.2. The molecule has 6 heteroatoms. The van der Waals surface area contributed by atoms with E-state index in [4.69, 9.17) is 4.74 Å². The average molecular weight is 242 g/mol. The van der Waals surface area contributed by atoms with Crippen molar-refractivity contribution in [2.45, 2.75) is 12.8 Å². The molecule has 0 aromatic carbocycles. The van der Waals surface area contributed by atoms with E-state index in [1.165, 1.54) is 0 Å². The Morgan fingerprint density at radius 3 is 2.58 bits per heavy atom. The minimum atomic E-state index is -0.449. The number of carbonyl (C=O) groups is 1. The van der Waals surface area contributed by atoms with Crippen LogP contribution in [0, 0.1) is 5.92 Å². The van der Waals surface area contributed by atoms with Gasteiger partial charge >= 0.3 is 0 Å². The highest BCUT2D eigenvalue weighted by molar-refractivity contribution is 8.66. The zero-order valence-electron chi connectivity index (χ0n) is 6.82. The van der Waals surface area contributed by atoms with Crippen LogP contribution in [0.25, 0.3) is 0 Å². The van der Waals surface area contributed by atoms with Gasteiger partial charge in [-0.1, -0.05) is 16.9 Å². The van der Waals surface area contributed by atoms with Gasteiger partial charge in [-0.25, -0.2) is 0 Å². The number of ether oxygens (including phenoxy) is 1. The summed E-state index contributed by atoms with van der Waals surface area (Å²) in [6, 6.07) is 0. The van der Waals surface area contributed by atoms with Gasteiger partial charge in [0.15, 0.2) is 5.52 Å². The molecule has 1 fully saturated rings. The Kier molecular flexibility index (Phi) is 5.67. The first kappa shape index (κ1) is 11.4. The Balaban J connectivity index is 2.39. The third kappa shape index (κ3) is 3.25. The predicted octanol–water partition coefficient (Wildman–Crippen LogP) is 2.60. The van der Waals surface area contributed by atoms with E-state index in [0.29, 0.717) is 13.5 Å². The van der Waals surface area contributed by atoms with Gasteiger partial charge in [-0.2, -0.15) is 0 Å². The Labute approximate surface area is 80.6 Å². The maximum Gasteiger partial charge on any atom is 0.165 e. The molecule has 0 saturated carbocycles. The largest absolute Gasteiger partial charge is 0.381 e. The molecule has 4 unspecified atom stereocenters. The molecule has 0 aromatic rings. The fourth-order valence-corrected chi connectivity index (χ4v) is 4.69. The van der Waals surface area contributed by atoms with Crippen LogP contribution in [0.5, 0.6) is 0 Å². The lowest BCUT2D eigenvalue weighted by Gasteiger charge is -2.22. The minimum Gasteiger partial charge on any atom is -0.381 e. The van der Waals surface area contributed by atoms with Gasteiger partial charge in [-0.05, 0) is 12.8 Å². The summed E-state index contributed by atoms with van der Waals surface area (Å²) in [6.45, 7) is 1.54. The summed E-state index contributed by atoms with van der Waals surface area (Å²) in [6.07, 6.45) is 1.86. The molecule has 0 bridgehead atoms. The first-order chi connectivity index (χ1) is 5.75. The minimum absolute atomic E-state index is 0.287. The lowest BCUT2D eigenvalue weighted by molar-refractivity contribution is -0.117. The van der Waals surface area contributed by atoms with E-state index < -0.39 is 7.30 Å². The highest BCUT2D eigenvalue weighted by atomic mass is 32.6. The first-order valence-electron chi connectivity index (χ1n) is 3.88. The predicted molar refractivity (Wildman–Crippen MR) is 63.2 cm³/mol. The van der Waals surface area contributed by atoms with Crippen LogP contribution in [-0.2, 0) is 9.53 Å². The van der Waals surface area contributed by atoms with E-state index in [2.05, 4.69) is 17.9 Å². The van der Waals surface area contributed by atoms with Gasteiger partial charge in [0.2, 0.25) is 0 Å². The molecule has 0 aliphatic carbocycles. The molecule has 1 aliphatic heterocycles. The molecule has 12 heavy (non-hydrogen) atoms. The average Bonchev–Trinajstić information content (AvgIpc) is 2.17. The van der Waals surface area contributed by atoms with Gasteiger partial charge in [-0.15, -0.1) is 8.93 Å². The first-order valence-corrected chi connectivity index (χ1v) is 10.5. The third-order valence-electron chi connectivity index (χ3n) is 1.95. The number of hydrogen-bond acceptors (Lipinski definition) is 2. The van der Waals surface area contributed by atoms with Crippen molar-refractivity contribution in [1.29, 1.82) is 0 Å². The van der Waals surface area contributed by atoms with Crippen LogP contribution in [0.2, 0.25) is 0 Å². The highest BCUT2D eigenvalue weighted by Gasteiger charge is 2.24. The van der Waals surface area contributed by atoms with Crippen LogP contribution in [0.4, 0.5) is 0 Å². The number of carbonyl (C=O) groups excluding carboxylic acids is 1. The zero-order valence-corrected chi connectivity index (χ0v) is 11.0. The van der Waals surface area contributed by atoms with Crippen molar-refractivity contribution in [3.05, 3.63) is 0 Å². The van der Waals surface area contributed by atoms with E-state index >= 15 is 0 Å². The molecule has 4 atom stereocenters. The van der Waals surface area contributed by atoms with Crippen LogP contribution in [-0.4, -0.2) is 18.7 Å². The smallest absolute Gasteiger partial charge is 0.165 e. The van der Waals surface area contributed by atoms with Gasteiger partial charge in [0, 0.05) is 26.4 Å². The molecule has 0 aromatic heterocycles. The summed E-state index contributed by atoms with van der Waals surface area (Å²) in [4.78, 5) is 11.7. The number of rotatable bonds is 3. The van der Waals surface area contributed by atoms with Crippen LogP contribution in [0.1, 0.15) is 12.8 Å². The molecule has 1 heterocycles. The molecule has 2 nitrogen and oxygen atoms in total. The third-order valence-corrected chi connectivity index (χ3v) is 11.9. The van der Waals surface area contributed by atoms with Gasteiger partial charge in [0.1, 0.15) is 0 Å². The van der Waals surface area contributed by atoms with Crippen molar-refractivity contribution in [2.75, 3.05) is 13.2 Å². The topological polar surface area (TPSA) is 26.3 Å². The van der Waals surface area contributed by atoms with Crippen molar-refractivity contribution in [3.63, 3.8) is 0 Å². The van der Waals surface area contributed by atoms with Crippen LogP contribution >= 0.6 is 33.1 Å². The Bertz CT molecular complexity index is 158. The van der Waals surface area contributed by atoms with Crippen LogP contribution in [0.15, 0.2) is 0 Å². The van der Waals surface area contributed by atoms with E-state index in [1.54, 1.807) is 0 Å². The van der Waals surface area contributed by atoms with E-state index in [9.17, 15) is 4.79 Å². The van der Waals surface area contributed by atoms with Crippen LogP contribution < -0.4 is 0 Å². The summed E-state index contributed by atoms with van der Waals surface area (Å²) in [7, 11) is 5.59. The quantitative estimate of drug-likeness (QED) is 0.711. The van der Waals surface area contributed by atoms with Gasteiger partial charge in [0.25, 0.3) is 0 Å². The molecule has 0 N–H and O–H groups in total. The monoisotopic (exact) mass is 242 g/mol. The van der Waals surface area contributed by atoms with Crippen molar-refractivity contribution < 1.29 is 9.53 Å². The molecule has 0 spiro atoms. The Hall–Kier alpha value is 1.35. The number of hydrogen-bond donors (Lipinski definition) is 0. The maximum atomic E-state index is 11.7. The zero-order chi connectivity index (χ0) is 8.97. The Morgan fingerprint density at radius 1 is 1.50 bits per heavy atom. The molecular formula is C6H14O2P4. The van der Waals surface area contributed by atoms with E-state index in [1.807, 2.05) is 0 Å². The summed E-state index contributed by atoms with van der Waals surface area (Å²) >= 11 is 0. The lowest BCUT2D eigenvalue weighted by Crippen LogP contribution is -2.21. The van der Waals surface area contributed by atoms with E-state index in [0.717, 1.165) is 26.1 Å². The van der Waals surface area contributed by atoms with E-state index in [-0.39, 0.29) is 5.92 Å². The molecule has 0 radical (unpaired) electrons. The second-order valence-corrected chi connectivity index (χ2v) is 11.8. The second kappa shape index (κ2) is 5.95. The van der Waals surface area contributed by atoms with Crippen molar-refractivity contribution >= 4 is 38.6 Å². The molecule has 1 aliphatic rings. The molecule has 70 valence electrons. The van der Waals surface area contributed by atoms with Crippen molar-refractivity contribution in [2.24, 2.45) is 5.92 Å². The van der Waals surface area contributed by atoms with Gasteiger partial charge < -0.3 is 4.74 Å². The molecular weight excluding hydrogens is 228 g/mol. The Morgan fingerprint density at radius 2 is 2.08 bits per heavy atom. The molecule has 1 rings (SSSR count). The highest BCUT2D eigenvalue weighted by Crippen LogP contribution is 2.67. The molecule has 1 saturated heterocycles. The summed E-state index contributed by atoms with van der Waals surface area (Å²) in [5.74, 6) is 0.287. The second-order valence-electron chi connectivity index (χ2n) is 2.72. The van der Waals surface area contributed by atoms with Crippen LogP contribution in [0.3, 0.4) is 0 Å². The van der Waals surface area contributed by atoms with Gasteiger partial charge in [0.05, 0.1) is 0 Å².